The predicted molar refractivity (Wildman–Crippen MR) is 97.1 cm³/mol. The molecule has 2 unspecified atom stereocenters. The smallest absolute Gasteiger partial charge is 0.416 e. The minimum absolute atomic E-state index is 0.0550. The minimum atomic E-state index is -4.59. The molecule has 0 aliphatic heterocycles. The first-order chi connectivity index (χ1) is 13.2. The number of aromatic hydroxyl groups is 1. The van der Waals surface area contributed by atoms with Crippen molar-refractivity contribution in [3.05, 3.63) is 35.0 Å². The molecule has 1 saturated carbocycles. The summed E-state index contributed by atoms with van der Waals surface area (Å²) in [6.45, 7) is 0. The Morgan fingerprint density at radius 3 is 2.57 bits per heavy atom. The van der Waals surface area contributed by atoms with E-state index in [1.807, 2.05) is 6.07 Å². The van der Waals surface area contributed by atoms with Crippen LogP contribution in [0, 0.1) is 11.3 Å². The van der Waals surface area contributed by atoms with Gasteiger partial charge in [-0.25, -0.2) is 9.97 Å². The number of benzene rings is 1. The molecule has 2 atom stereocenters. The van der Waals surface area contributed by atoms with Gasteiger partial charge in [-0.1, -0.05) is 12.8 Å². The van der Waals surface area contributed by atoms with Crippen molar-refractivity contribution in [3.63, 3.8) is 0 Å². The normalized spacial score (nSPS) is 20.4. The van der Waals surface area contributed by atoms with Crippen LogP contribution in [0.1, 0.15) is 54.8 Å². The first kappa shape index (κ1) is 19.9. The van der Waals surface area contributed by atoms with E-state index in [9.17, 15) is 23.5 Å². The molecule has 2 aromatic rings. The van der Waals surface area contributed by atoms with Gasteiger partial charge in [-0.3, -0.25) is 0 Å². The molecule has 0 amide bonds. The number of nitriles is 1. The molecular weight excluding hydrogens is 371 g/mol. The molecule has 6 nitrogen and oxygen atoms in total. The quantitative estimate of drug-likeness (QED) is 0.671. The zero-order chi connectivity index (χ0) is 20.5. The minimum Gasteiger partial charge on any atom is -0.507 e. The van der Waals surface area contributed by atoms with Crippen LogP contribution in [0.25, 0.3) is 11.4 Å². The summed E-state index contributed by atoms with van der Waals surface area (Å²) in [4.78, 5) is 8.34. The lowest BCUT2D eigenvalue weighted by molar-refractivity contribution is -0.137. The van der Waals surface area contributed by atoms with E-state index in [2.05, 4.69) is 9.97 Å². The molecule has 28 heavy (non-hydrogen) atoms. The Morgan fingerprint density at radius 2 is 1.89 bits per heavy atom. The molecule has 1 aliphatic carbocycles. The average Bonchev–Trinajstić information content (AvgIpc) is 2.84. The Balaban J connectivity index is 2.14. The third kappa shape index (κ3) is 4.02. The van der Waals surface area contributed by atoms with Gasteiger partial charge in [0.2, 0.25) is 0 Å². The van der Waals surface area contributed by atoms with E-state index in [0.717, 1.165) is 43.9 Å². The number of phenolic OH excluding ortho intramolecular Hbond substituents is 1. The van der Waals surface area contributed by atoms with Crippen LogP contribution in [0.15, 0.2) is 18.2 Å². The SMILES string of the molecule is N#Cc1c(N)nc(-c2cc(C(F)(F)F)ccc2O)nc1C1CCCCC(N)C1. The number of hydrogen-bond donors (Lipinski definition) is 3. The monoisotopic (exact) mass is 391 g/mol. The number of halogens is 3. The van der Waals surface area contributed by atoms with Gasteiger partial charge >= 0.3 is 6.18 Å². The molecule has 1 fully saturated rings. The van der Waals surface area contributed by atoms with Gasteiger partial charge in [0.05, 0.1) is 16.8 Å². The lowest BCUT2D eigenvalue weighted by Crippen LogP contribution is -2.22. The Kier molecular flexibility index (Phi) is 5.42. The van der Waals surface area contributed by atoms with E-state index in [-0.39, 0.29) is 34.7 Å². The fourth-order valence-corrected chi connectivity index (χ4v) is 3.56. The molecule has 0 radical (unpaired) electrons. The van der Waals surface area contributed by atoms with Crippen LogP contribution in [0.3, 0.4) is 0 Å². The Morgan fingerprint density at radius 1 is 1.18 bits per heavy atom. The predicted octanol–water partition coefficient (Wildman–Crippen LogP) is 3.70. The number of nitrogens with two attached hydrogens (primary N) is 2. The second-order valence-electron chi connectivity index (χ2n) is 7.01. The molecule has 0 saturated heterocycles. The highest BCUT2D eigenvalue weighted by Crippen LogP contribution is 2.38. The number of hydrogen-bond acceptors (Lipinski definition) is 6. The Hall–Kier alpha value is -2.86. The standard InChI is InChI=1S/C19H20F3N5O/c20-19(21,22)11-5-6-15(28)13(8-11)18-26-16(14(9-23)17(25)27-18)10-3-1-2-4-12(24)7-10/h5-6,8,10,12,28H,1-4,7,24H2,(H2,25,26,27). The summed E-state index contributed by atoms with van der Waals surface area (Å²) < 4.78 is 39.2. The van der Waals surface area contributed by atoms with Gasteiger partial charge in [0.25, 0.3) is 0 Å². The van der Waals surface area contributed by atoms with Crippen molar-refractivity contribution < 1.29 is 18.3 Å². The summed E-state index contributed by atoms with van der Waals surface area (Å²) in [6.07, 6.45) is -0.525. The second kappa shape index (κ2) is 7.64. The molecule has 0 bridgehead atoms. The second-order valence-corrected chi connectivity index (χ2v) is 7.01. The lowest BCUT2D eigenvalue weighted by Gasteiger charge is -2.19. The summed E-state index contributed by atoms with van der Waals surface area (Å²) in [7, 11) is 0. The topological polar surface area (TPSA) is 122 Å². The highest BCUT2D eigenvalue weighted by molar-refractivity contribution is 5.68. The van der Waals surface area contributed by atoms with Crippen molar-refractivity contribution in [2.45, 2.75) is 50.2 Å². The van der Waals surface area contributed by atoms with Crippen molar-refractivity contribution in [3.8, 4) is 23.2 Å². The maximum Gasteiger partial charge on any atom is 0.416 e. The maximum absolute atomic E-state index is 13.1. The summed E-state index contributed by atoms with van der Waals surface area (Å²) in [5.41, 5.74) is 11.4. The molecule has 9 heteroatoms. The van der Waals surface area contributed by atoms with Crippen molar-refractivity contribution in [1.29, 1.82) is 5.26 Å². The third-order valence-electron chi connectivity index (χ3n) is 4.99. The highest BCUT2D eigenvalue weighted by atomic mass is 19.4. The number of nitrogens with zero attached hydrogens (tertiary/aromatic N) is 3. The molecule has 1 aliphatic rings. The summed E-state index contributed by atoms with van der Waals surface area (Å²) in [5.74, 6) is -0.824. The van der Waals surface area contributed by atoms with Crippen LogP contribution >= 0.6 is 0 Å². The fraction of sp³-hybridized carbons (Fsp3) is 0.421. The molecule has 3 rings (SSSR count). The number of alkyl halides is 3. The number of phenols is 1. The van der Waals surface area contributed by atoms with Crippen LogP contribution in [-0.2, 0) is 6.18 Å². The molecule has 148 valence electrons. The Labute approximate surface area is 160 Å². The van der Waals surface area contributed by atoms with Crippen molar-refractivity contribution >= 4 is 5.82 Å². The van der Waals surface area contributed by atoms with Crippen LogP contribution in [0.4, 0.5) is 19.0 Å². The van der Waals surface area contributed by atoms with Gasteiger partial charge < -0.3 is 16.6 Å². The van der Waals surface area contributed by atoms with Gasteiger partial charge in [0, 0.05) is 12.0 Å². The van der Waals surface area contributed by atoms with E-state index in [1.54, 1.807) is 0 Å². The van der Waals surface area contributed by atoms with Crippen molar-refractivity contribution in [2.75, 3.05) is 5.73 Å². The molecule has 5 N–H and O–H groups in total. The average molecular weight is 391 g/mol. The summed E-state index contributed by atoms with van der Waals surface area (Å²) >= 11 is 0. The Bertz CT molecular complexity index is 923. The van der Waals surface area contributed by atoms with Crippen molar-refractivity contribution in [2.24, 2.45) is 5.73 Å². The number of aromatic nitrogens is 2. The first-order valence-electron chi connectivity index (χ1n) is 8.94. The van der Waals surface area contributed by atoms with Gasteiger partial charge in [-0.2, -0.15) is 18.4 Å². The first-order valence-corrected chi connectivity index (χ1v) is 8.94. The summed E-state index contributed by atoms with van der Waals surface area (Å²) in [5, 5.41) is 19.6. The van der Waals surface area contributed by atoms with Gasteiger partial charge in [-0.05, 0) is 37.5 Å². The van der Waals surface area contributed by atoms with Crippen LogP contribution in [0.5, 0.6) is 5.75 Å². The van der Waals surface area contributed by atoms with E-state index < -0.39 is 17.5 Å². The van der Waals surface area contributed by atoms with Crippen LogP contribution < -0.4 is 11.5 Å². The van der Waals surface area contributed by atoms with Gasteiger partial charge in [0.15, 0.2) is 5.82 Å². The van der Waals surface area contributed by atoms with Crippen LogP contribution in [0.2, 0.25) is 0 Å². The maximum atomic E-state index is 13.1. The van der Waals surface area contributed by atoms with Crippen molar-refractivity contribution in [1.82, 2.24) is 9.97 Å². The number of nitrogen functional groups attached to an aromatic ring is 1. The highest BCUT2D eigenvalue weighted by Gasteiger charge is 2.32. The van der Waals surface area contributed by atoms with Crippen LogP contribution in [-0.4, -0.2) is 21.1 Å². The molecule has 1 heterocycles. The summed E-state index contributed by atoms with van der Waals surface area (Å²) in [6, 6.07) is 4.43. The van der Waals surface area contributed by atoms with E-state index in [0.29, 0.717) is 12.1 Å². The largest absolute Gasteiger partial charge is 0.507 e. The third-order valence-corrected chi connectivity index (χ3v) is 4.99. The fourth-order valence-electron chi connectivity index (χ4n) is 3.56. The zero-order valence-corrected chi connectivity index (χ0v) is 15.0. The number of rotatable bonds is 2. The van der Waals surface area contributed by atoms with E-state index >= 15 is 0 Å². The molecular formula is C19H20F3N5O. The zero-order valence-electron chi connectivity index (χ0n) is 15.0. The molecule has 1 aromatic carbocycles. The van der Waals surface area contributed by atoms with Gasteiger partial charge in [-0.15, -0.1) is 0 Å². The molecule has 0 spiro atoms. The van der Waals surface area contributed by atoms with E-state index in [4.69, 9.17) is 11.5 Å². The van der Waals surface area contributed by atoms with E-state index in [1.165, 1.54) is 0 Å². The lowest BCUT2D eigenvalue weighted by atomic mass is 9.91. The van der Waals surface area contributed by atoms with Gasteiger partial charge in [0.1, 0.15) is 23.2 Å². The molecule has 1 aromatic heterocycles. The number of anilines is 1.